The number of anilines is 1. The number of aryl methyl sites for hydroxylation is 1. The fourth-order valence-electron chi connectivity index (χ4n) is 2.10. The van der Waals surface area contributed by atoms with Crippen LogP contribution in [-0.2, 0) is 9.59 Å². The summed E-state index contributed by atoms with van der Waals surface area (Å²) < 4.78 is 0.862. The minimum atomic E-state index is -0.301. The van der Waals surface area contributed by atoms with Crippen LogP contribution < -0.4 is 5.32 Å². The van der Waals surface area contributed by atoms with Crippen LogP contribution in [0.15, 0.2) is 34.1 Å². The average Bonchev–Trinajstić information content (AvgIpc) is 2.57. The van der Waals surface area contributed by atoms with Gasteiger partial charge in [-0.15, -0.1) is 23.5 Å². The van der Waals surface area contributed by atoms with Crippen molar-refractivity contribution < 1.29 is 9.59 Å². The van der Waals surface area contributed by atoms with Crippen molar-refractivity contribution in [3.05, 3.63) is 39.6 Å². The molecule has 5 heteroatoms. The van der Waals surface area contributed by atoms with Crippen molar-refractivity contribution >= 4 is 40.9 Å². The van der Waals surface area contributed by atoms with Gasteiger partial charge in [-0.1, -0.05) is 44.9 Å². The van der Waals surface area contributed by atoms with E-state index in [0.717, 1.165) is 52.7 Å². The first-order chi connectivity index (χ1) is 12.0. The average molecular weight is 380 g/mol. The Hall–Kier alpha value is -1.20. The first-order valence-corrected chi connectivity index (χ1v) is 10.9. The number of rotatable bonds is 11. The third-order valence-corrected chi connectivity index (χ3v) is 6.26. The molecule has 1 N–H and O–H groups in total. The lowest BCUT2D eigenvalue weighted by Gasteiger charge is -2.14. The largest absolute Gasteiger partial charge is 0.322 e. The highest BCUT2D eigenvalue weighted by molar-refractivity contribution is 8.22. The molecule has 0 atom stereocenters. The molecule has 138 valence electrons. The van der Waals surface area contributed by atoms with Gasteiger partial charge in [-0.05, 0) is 49.8 Å². The Morgan fingerprint density at radius 1 is 1.00 bits per heavy atom. The number of hydrogen-bond acceptors (Lipinski definition) is 4. The number of amides is 1. The van der Waals surface area contributed by atoms with Crippen LogP contribution in [0.2, 0.25) is 0 Å². The second-order valence-electron chi connectivity index (χ2n) is 5.89. The van der Waals surface area contributed by atoms with Crippen molar-refractivity contribution in [1.82, 2.24) is 0 Å². The fourth-order valence-corrected chi connectivity index (χ4v) is 4.93. The van der Waals surface area contributed by atoms with Gasteiger partial charge in [-0.25, -0.2) is 0 Å². The van der Waals surface area contributed by atoms with Gasteiger partial charge in [0.15, 0.2) is 5.78 Å². The van der Waals surface area contributed by atoms with Gasteiger partial charge in [0.2, 0.25) is 0 Å². The van der Waals surface area contributed by atoms with Crippen LogP contribution in [0.5, 0.6) is 0 Å². The van der Waals surface area contributed by atoms with E-state index in [2.05, 4.69) is 19.2 Å². The minimum absolute atomic E-state index is 0.172. The summed E-state index contributed by atoms with van der Waals surface area (Å²) in [4.78, 5) is 25.0. The molecule has 0 unspecified atom stereocenters. The Kier molecular flexibility index (Phi) is 10.7. The van der Waals surface area contributed by atoms with E-state index in [4.69, 9.17) is 0 Å². The summed E-state index contributed by atoms with van der Waals surface area (Å²) in [6.07, 6.45) is 4.36. The summed E-state index contributed by atoms with van der Waals surface area (Å²) in [5, 5.41) is 2.91. The standard InChI is InChI=1S/C20H29NO2S2/c1-5-7-13-24-20(25-14-8-6-2)18(16(4)22)19(23)21-17-12-10-9-11-15(17)3/h9-12H,5-8,13-14H2,1-4H3,(H,21,23). The number of carbonyl (C=O) groups is 2. The van der Waals surface area contributed by atoms with Gasteiger partial charge in [0.1, 0.15) is 5.57 Å². The van der Waals surface area contributed by atoms with Gasteiger partial charge in [0.25, 0.3) is 5.91 Å². The predicted molar refractivity (Wildman–Crippen MR) is 112 cm³/mol. The molecule has 0 spiro atoms. The van der Waals surface area contributed by atoms with Crippen molar-refractivity contribution in [1.29, 1.82) is 0 Å². The third kappa shape index (κ3) is 7.70. The predicted octanol–water partition coefficient (Wildman–Crippen LogP) is 5.80. The fraction of sp³-hybridized carbons (Fsp3) is 0.500. The lowest BCUT2D eigenvalue weighted by molar-refractivity contribution is -0.118. The number of benzene rings is 1. The van der Waals surface area contributed by atoms with E-state index in [-0.39, 0.29) is 11.7 Å². The Bertz CT molecular complexity index is 599. The summed E-state index contributed by atoms with van der Waals surface area (Å²) in [5.41, 5.74) is 2.03. The number of hydrogen-bond donors (Lipinski definition) is 1. The van der Waals surface area contributed by atoms with Crippen LogP contribution in [0.25, 0.3) is 0 Å². The first kappa shape index (κ1) is 21.8. The van der Waals surface area contributed by atoms with E-state index in [0.29, 0.717) is 5.57 Å². The molecule has 1 rings (SSSR count). The molecule has 25 heavy (non-hydrogen) atoms. The lowest BCUT2D eigenvalue weighted by Crippen LogP contribution is -2.20. The third-order valence-electron chi connectivity index (χ3n) is 3.64. The van der Waals surface area contributed by atoms with Crippen molar-refractivity contribution in [2.45, 2.75) is 53.4 Å². The maximum Gasteiger partial charge on any atom is 0.260 e. The van der Waals surface area contributed by atoms with Gasteiger partial charge in [0, 0.05) is 5.69 Å². The number of nitrogens with one attached hydrogen (secondary N) is 1. The molecule has 0 heterocycles. The molecule has 0 saturated carbocycles. The van der Waals surface area contributed by atoms with Crippen LogP contribution >= 0.6 is 23.5 Å². The normalized spacial score (nSPS) is 10.4. The zero-order valence-electron chi connectivity index (χ0n) is 15.7. The molecule has 0 fully saturated rings. The monoisotopic (exact) mass is 379 g/mol. The number of thioether (sulfide) groups is 2. The van der Waals surface area contributed by atoms with E-state index >= 15 is 0 Å². The molecule has 0 aliphatic carbocycles. The molecular formula is C20H29NO2S2. The van der Waals surface area contributed by atoms with Crippen molar-refractivity contribution in [2.75, 3.05) is 16.8 Å². The Labute approximate surface area is 160 Å². The summed E-state index contributed by atoms with van der Waals surface area (Å²) >= 11 is 3.27. The van der Waals surface area contributed by atoms with Crippen molar-refractivity contribution in [3.63, 3.8) is 0 Å². The highest BCUT2D eigenvalue weighted by Gasteiger charge is 2.21. The smallest absolute Gasteiger partial charge is 0.260 e. The van der Waals surface area contributed by atoms with E-state index in [1.54, 1.807) is 23.5 Å². The molecule has 1 amide bonds. The minimum Gasteiger partial charge on any atom is -0.322 e. The quantitative estimate of drug-likeness (QED) is 0.228. The second-order valence-corrected chi connectivity index (χ2v) is 8.36. The van der Waals surface area contributed by atoms with Crippen LogP contribution in [0.4, 0.5) is 5.69 Å². The molecule has 0 saturated heterocycles. The van der Waals surface area contributed by atoms with Gasteiger partial charge < -0.3 is 5.32 Å². The molecule has 3 nitrogen and oxygen atoms in total. The van der Waals surface area contributed by atoms with Gasteiger partial charge in [0.05, 0.1) is 4.24 Å². The topological polar surface area (TPSA) is 46.2 Å². The van der Waals surface area contributed by atoms with E-state index in [9.17, 15) is 9.59 Å². The molecule has 0 radical (unpaired) electrons. The Balaban J connectivity index is 3.04. The zero-order chi connectivity index (χ0) is 18.7. The summed E-state index contributed by atoms with van der Waals surface area (Å²) in [6.45, 7) is 7.71. The van der Waals surface area contributed by atoms with Crippen LogP contribution in [-0.4, -0.2) is 23.2 Å². The molecular weight excluding hydrogens is 350 g/mol. The van der Waals surface area contributed by atoms with Crippen LogP contribution in [0.3, 0.4) is 0 Å². The molecule has 1 aromatic carbocycles. The van der Waals surface area contributed by atoms with E-state index in [1.807, 2.05) is 31.2 Å². The molecule has 0 bridgehead atoms. The Morgan fingerprint density at radius 3 is 2.04 bits per heavy atom. The molecule has 0 aliphatic heterocycles. The van der Waals surface area contributed by atoms with Crippen molar-refractivity contribution in [2.24, 2.45) is 0 Å². The van der Waals surface area contributed by atoms with E-state index < -0.39 is 0 Å². The maximum absolute atomic E-state index is 12.8. The maximum atomic E-state index is 12.8. The van der Waals surface area contributed by atoms with Crippen LogP contribution in [0, 0.1) is 6.92 Å². The summed E-state index contributed by atoms with van der Waals surface area (Å²) in [6, 6.07) is 7.62. The number of Topliss-reactive ketones (excluding diaryl/α,β-unsaturated/α-hetero) is 1. The Morgan fingerprint density at radius 2 is 1.56 bits per heavy atom. The van der Waals surface area contributed by atoms with Gasteiger partial charge in [-0.3, -0.25) is 9.59 Å². The highest BCUT2D eigenvalue weighted by Crippen LogP contribution is 2.34. The second kappa shape index (κ2) is 12.2. The highest BCUT2D eigenvalue weighted by atomic mass is 32.2. The number of para-hydroxylation sites is 1. The number of ketones is 1. The molecule has 0 aliphatic rings. The lowest BCUT2D eigenvalue weighted by atomic mass is 10.1. The summed E-state index contributed by atoms with van der Waals surface area (Å²) in [7, 11) is 0. The summed E-state index contributed by atoms with van der Waals surface area (Å²) in [5.74, 6) is 1.39. The number of carbonyl (C=O) groups excluding carboxylic acids is 2. The van der Waals surface area contributed by atoms with Gasteiger partial charge in [-0.2, -0.15) is 0 Å². The number of unbranched alkanes of at least 4 members (excludes halogenated alkanes) is 2. The van der Waals surface area contributed by atoms with Gasteiger partial charge >= 0.3 is 0 Å². The van der Waals surface area contributed by atoms with Crippen molar-refractivity contribution in [3.8, 4) is 0 Å². The van der Waals surface area contributed by atoms with E-state index in [1.165, 1.54) is 6.92 Å². The van der Waals surface area contributed by atoms with Crippen LogP contribution in [0.1, 0.15) is 52.0 Å². The molecule has 1 aromatic rings. The first-order valence-electron chi connectivity index (χ1n) is 8.89. The SMILES string of the molecule is CCCCSC(SCCCC)=C(C(C)=O)C(=O)Nc1ccccc1C. The zero-order valence-corrected chi connectivity index (χ0v) is 17.3. The molecule has 0 aromatic heterocycles.